The number of hydrogen-bond acceptors (Lipinski definition) is 9. The van der Waals surface area contributed by atoms with E-state index in [0.29, 0.717) is 23.2 Å². The molecule has 5 aromatic carbocycles. The molecule has 0 spiro atoms. The molecule has 0 aliphatic carbocycles. The second-order valence-electron chi connectivity index (χ2n) is 11.0. The summed E-state index contributed by atoms with van der Waals surface area (Å²) in [6.45, 7) is -0.337. The molecular formula is C36H26F6N6O6. The molecule has 5 aromatic rings. The van der Waals surface area contributed by atoms with Gasteiger partial charge in [-0.05, 0) is 78.9 Å². The lowest BCUT2D eigenvalue weighted by Gasteiger charge is -2.25. The maximum atomic E-state index is 12.8. The number of nitro benzene ring substituents is 1. The van der Waals surface area contributed by atoms with Gasteiger partial charge in [-0.15, -0.1) is 0 Å². The minimum absolute atomic E-state index is 0.0589. The Balaban J connectivity index is 1.24. The number of carbonyl (C=O) groups is 2. The summed E-state index contributed by atoms with van der Waals surface area (Å²) in [6, 6.07) is 31.8. The van der Waals surface area contributed by atoms with Gasteiger partial charge in [0, 0.05) is 52.7 Å². The number of azo groups is 1. The van der Waals surface area contributed by atoms with E-state index in [0.717, 1.165) is 29.2 Å². The minimum atomic E-state index is -5.29. The van der Waals surface area contributed by atoms with Gasteiger partial charge in [-0.1, -0.05) is 18.2 Å². The third kappa shape index (κ3) is 10.5. The summed E-state index contributed by atoms with van der Waals surface area (Å²) in [5, 5.41) is 22.2. The number of anilines is 5. The van der Waals surface area contributed by atoms with Crippen LogP contribution < -0.4 is 25.0 Å². The van der Waals surface area contributed by atoms with Gasteiger partial charge in [0.2, 0.25) is 0 Å². The van der Waals surface area contributed by atoms with Gasteiger partial charge in [0.15, 0.2) is 0 Å². The Labute approximate surface area is 301 Å². The van der Waals surface area contributed by atoms with Crippen molar-refractivity contribution in [3.63, 3.8) is 0 Å². The number of rotatable bonds is 13. The van der Waals surface area contributed by atoms with Crippen molar-refractivity contribution in [1.82, 2.24) is 0 Å². The molecule has 12 nitrogen and oxygen atoms in total. The lowest BCUT2D eigenvalue weighted by Crippen LogP contribution is -2.31. The van der Waals surface area contributed by atoms with Crippen molar-refractivity contribution in [2.45, 2.75) is 12.4 Å². The molecular weight excluding hydrogens is 726 g/mol. The van der Waals surface area contributed by atoms with Gasteiger partial charge in [-0.2, -0.15) is 36.6 Å². The van der Waals surface area contributed by atoms with E-state index in [4.69, 9.17) is 9.47 Å². The van der Waals surface area contributed by atoms with Crippen molar-refractivity contribution in [2.24, 2.45) is 10.2 Å². The number of amides is 2. The fourth-order valence-electron chi connectivity index (χ4n) is 4.69. The third-order valence-electron chi connectivity index (χ3n) is 7.12. The van der Waals surface area contributed by atoms with Crippen LogP contribution in [0.3, 0.4) is 0 Å². The number of para-hydroxylation sites is 1. The summed E-state index contributed by atoms with van der Waals surface area (Å²) >= 11 is 0. The number of alkyl halides is 6. The van der Waals surface area contributed by atoms with E-state index in [1.807, 2.05) is 47.4 Å². The predicted octanol–water partition coefficient (Wildman–Crippen LogP) is 9.94. The summed E-state index contributed by atoms with van der Waals surface area (Å²) < 4.78 is 87.8. The van der Waals surface area contributed by atoms with Crippen LogP contribution in [0.15, 0.2) is 132 Å². The summed E-state index contributed by atoms with van der Waals surface area (Å²) in [6.07, 6.45) is -10.6. The monoisotopic (exact) mass is 752 g/mol. The third-order valence-corrected chi connectivity index (χ3v) is 7.12. The van der Waals surface area contributed by atoms with Crippen molar-refractivity contribution in [1.29, 1.82) is 0 Å². The molecule has 0 unspecified atom stereocenters. The normalized spacial score (nSPS) is 11.5. The molecule has 54 heavy (non-hydrogen) atoms. The zero-order chi connectivity index (χ0) is 38.9. The Hall–Kier alpha value is -6.98. The zero-order valence-corrected chi connectivity index (χ0v) is 27.5. The molecule has 0 bridgehead atoms. The number of halogens is 6. The number of benzene rings is 5. The van der Waals surface area contributed by atoms with E-state index in [2.05, 4.69) is 10.2 Å². The Morgan fingerprint density at radius 3 is 1.50 bits per heavy atom. The molecule has 0 heterocycles. The first-order valence-corrected chi connectivity index (χ1v) is 15.5. The van der Waals surface area contributed by atoms with Crippen LogP contribution >= 0.6 is 0 Å². The van der Waals surface area contributed by atoms with E-state index in [-0.39, 0.29) is 24.7 Å². The number of non-ortho nitro benzene ring substituents is 1. The SMILES string of the molecule is O=C(Nc1cc(NC(=O)C(F)(F)F)cc(OCCOc2ccc(N(c3ccccc3)c3ccc(N=Nc4ccc([N+](=O)[O-])cc4)cc3)cc2)c1)C(F)(F)F. The molecule has 0 fully saturated rings. The molecule has 0 saturated heterocycles. The lowest BCUT2D eigenvalue weighted by atomic mass is 10.2. The Kier molecular flexibility index (Phi) is 11.7. The van der Waals surface area contributed by atoms with E-state index >= 15 is 0 Å². The molecule has 0 aliphatic rings. The van der Waals surface area contributed by atoms with Crippen LogP contribution in [0.25, 0.3) is 0 Å². The molecule has 0 radical (unpaired) electrons. The van der Waals surface area contributed by atoms with Crippen molar-refractivity contribution in [3.8, 4) is 11.5 Å². The second kappa shape index (κ2) is 16.6. The van der Waals surface area contributed by atoms with Gasteiger partial charge in [0.1, 0.15) is 24.7 Å². The largest absolute Gasteiger partial charge is 0.490 e. The maximum absolute atomic E-state index is 12.8. The Bertz CT molecular complexity index is 2070. The first kappa shape index (κ1) is 38.3. The summed E-state index contributed by atoms with van der Waals surface area (Å²) in [5.74, 6) is -4.62. The highest BCUT2D eigenvalue weighted by atomic mass is 19.4. The van der Waals surface area contributed by atoms with Crippen LogP contribution in [0.5, 0.6) is 11.5 Å². The maximum Gasteiger partial charge on any atom is 0.471 e. The Morgan fingerprint density at radius 2 is 1.04 bits per heavy atom. The summed E-state index contributed by atoms with van der Waals surface area (Å²) in [4.78, 5) is 35.1. The minimum Gasteiger partial charge on any atom is -0.490 e. The van der Waals surface area contributed by atoms with Crippen molar-refractivity contribution in [2.75, 3.05) is 28.7 Å². The van der Waals surface area contributed by atoms with Crippen LogP contribution in [0, 0.1) is 10.1 Å². The molecule has 0 aromatic heterocycles. The number of hydrogen-bond donors (Lipinski definition) is 2. The van der Waals surface area contributed by atoms with Crippen LogP contribution in [0.4, 0.5) is 71.8 Å². The Morgan fingerprint density at radius 1 is 0.611 bits per heavy atom. The van der Waals surface area contributed by atoms with Crippen molar-refractivity contribution < 1.29 is 50.3 Å². The van der Waals surface area contributed by atoms with Crippen LogP contribution in [-0.2, 0) is 9.59 Å². The van der Waals surface area contributed by atoms with Gasteiger partial charge < -0.3 is 25.0 Å². The van der Waals surface area contributed by atoms with E-state index in [1.54, 1.807) is 36.4 Å². The highest BCUT2D eigenvalue weighted by Crippen LogP contribution is 2.36. The first-order chi connectivity index (χ1) is 25.7. The van der Waals surface area contributed by atoms with E-state index in [9.17, 15) is 46.0 Å². The highest BCUT2D eigenvalue weighted by Gasteiger charge is 2.40. The number of carbonyl (C=O) groups excluding carboxylic acids is 2. The standard InChI is InChI=1S/C36H26F6N6O6/c37-35(38,39)33(49)43-25-20-26(44-34(50)36(40,41)42)22-32(21-25)54-19-18-53-31-16-14-29(15-17-31)47(27-4-2-1-3-5-27)28-10-6-23(7-11-28)45-46-24-8-12-30(13-9-24)48(51)52/h1-17,20-22H,18-19H2,(H,43,49)(H,44,50). The highest BCUT2D eigenvalue weighted by molar-refractivity contribution is 5.98. The molecule has 0 aliphatic heterocycles. The van der Waals surface area contributed by atoms with Crippen LogP contribution in [0.1, 0.15) is 0 Å². The molecule has 2 amide bonds. The van der Waals surface area contributed by atoms with Gasteiger partial charge in [0.05, 0.1) is 16.3 Å². The van der Waals surface area contributed by atoms with Crippen molar-refractivity contribution >= 4 is 57.3 Å². The van der Waals surface area contributed by atoms with Crippen molar-refractivity contribution in [3.05, 3.63) is 131 Å². The van der Waals surface area contributed by atoms with E-state index < -0.39 is 40.5 Å². The quantitative estimate of drug-likeness (QED) is 0.0400. The number of ether oxygens (including phenoxy) is 2. The summed E-state index contributed by atoms with van der Waals surface area (Å²) in [5.41, 5.74) is 2.12. The lowest BCUT2D eigenvalue weighted by molar-refractivity contribution is -0.384. The molecule has 278 valence electrons. The average Bonchev–Trinajstić information content (AvgIpc) is 3.13. The molecule has 2 N–H and O–H groups in total. The molecule has 0 atom stereocenters. The fourth-order valence-corrected chi connectivity index (χ4v) is 4.69. The zero-order valence-electron chi connectivity index (χ0n) is 27.5. The van der Waals surface area contributed by atoms with E-state index in [1.165, 1.54) is 34.9 Å². The van der Waals surface area contributed by atoms with Gasteiger partial charge >= 0.3 is 24.2 Å². The number of nitrogens with one attached hydrogen (secondary N) is 2. The van der Waals surface area contributed by atoms with Gasteiger partial charge in [0.25, 0.3) is 5.69 Å². The predicted molar refractivity (Wildman–Crippen MR) is 185 cm³/mol. The van der Waals surface area contributed by atoms with Gasteiger partial charge in [-0.3, -0.25) is 19.7 Å². The summed E-state index contributed by atoms with van der Waals surface area (Å²) in [7, 11) is 0. The second-order valence-corrected chi connectivity index (χ2v) is 11.0. The van der Waals surface area contributed by atoms with Crippen LogP contribution in [0.2, 0.25) is 0 Å². The fraction of sp³-hybridized carbons (Fsp3) is 0.111. The van der Waals surface area contributed by atoms with Gasteiger partial charge in [-0.25, -0.2) is 0 Å². The molecule has 5 rings (SSSR count). The molecule has 18 heteroatoms. The first-order valence-electron chi connectivity index (χ1n) is 15.5. The average molecular weight is 753 g/mol. The smallest absolute Gasteiger partial charge is 0.471 e. The molecule has 0 saturated carbocycles. The topological polar surface area (TPSA) is 148 Å². The number of nitrogens with zero attached hydrogens (tertiary/aromatic N) is 4. The number of nitro groups is 1. The van der Waals surface area contributed by atoms with Crippen LogP contribution in [-0.4, -0.2) is 42.3 Å².